The van der Waals surface area contributed by atoms with Crippen LogP contribution in [0.15, 0.2) is 85.1 Å². The van der Waals surface area contributed by atoms with Crippen LogP contribution in [0.3, 0.4) is 0 Å². The molecule has 0 aromatic carbocycles. The topological polar surface area (TPSA) is 78.9 Å². The van der Waals surface area contributed by atoms with Gasteiger partial charge in [0, 0.05) is 19.3 Å². The summed E-state index contributed by atoms with van der Waals surface area (Å²) in [7, 11) is 0. The Hall–Kier alpha value is -3.41. The minimum atomic E-state index is -0.804. The Labute approximate surface area is 369 Å². The van der Waals surface area contributed by atoms with E-state index in [1.54, 1.807) is 0 Å². The molecule has 0 N–H and O–H groups in total. The van der Waals surface area contributed by atoms with Gasteiger partial charge in [0.1, 0.15) is 13.2 Å². The summed E-state index contributed by atoms with van der Waals surface area (Å²) in [6, 6.07) is 0. The summed E-state index contributed by atoms with van der Waals surface area (Å²) < 4.78 is 16.7. The van der Waals surface area contributed by atoms with Gasteiger partial charge in [0.25, 0.3) is 0 Å². The first-order valence-corrected chi connectivity index (χ1v) is 24.6. The number of hydrogen-bond donors (Lipinski definition) is 0. The average molecular weight is 835 g/mol. The molecular weight excluding hydrogens is 745 g/mol. The molecule has 0 radical (unpaired) electrons. The van der Waals surface area contributed by atoms with Crippen molar-refractivity contribution < 1.29 is 28.6 Å². The molecule has 0 aromatic heterocycles. The number of allylic oxidation sites excluding steroid dienone is 14. The third kappa shape index (κ3) is 45.7. The molecule has 0 aromatic rings. The Morgan fingerprint density at radius 2 is 0.717 bits per heavy atom. The van der Waals surface area contributed by atoms with E-state index in [0.29, 0.717) is 19.3 Å². The summed E-state index contributed by atoms with van der Waals surface area (Å²) in [4.78, 5) is 37.8. The van der Waals surface area contributed by atoms with E-state index in [0.717, 1.165) is 96.3 Å². The average Bonchev–Trinajstić information content (AvgIpc) is 3.24. The molecule has 0 fully saturated rings. The lowest BCUT2D eigenvalue weighted by Gasteiger charge is -2.18. The van der Waals surface area contributed by atoms with Crippen LogP contribution in [0.5, 0.6) is 0 Å². The van der Waals surface area contributed by atoms with Crippen molar-refractivity contribution in [1.29, 1.82) is 0 Å². The van der Waals surface area contributed by atoms with Crippen molar-refractivity contribution in [3.05, 3.63) is 85.1 Å². The molecule has 60 heavy (non-hydrogen) atoms. The molecular formula is C54H90O6. The van der Waals surface area contributed by atoms with E-state index in [4.69, 9.17) is 14.2 Å². The van der Waals surface area contributed by atoms with Gasteiger partial charge in [-0.2, -0.15) is 0 Å². The van der Waals surface area contributed by atoms with Crippen molar-refractivity contribution in [2.45, 2.75) is 226 Å². The number of rotatable bonds is 43. The molecule has 0 spiro atoms. The van der Waals surface area contributed by atoms with Crippen LogP contribution in [-0.2, 0) is 28.6 Å². The normalized spacial score (nSPS) is 12.8. The molecule has 0 rings (SSSR count). The van der Waals surface area contributed by atoms with Gasteiger partial charge in [-0.15, -0.1) is 0 Å². The van der Waals surface area contributed by atoms with Crippen LogP contribution in [0.1, 0.15) is 220 Å². The second kappa shape index (κ2) is 48.3. The van der Waals surface area contributed by atoms with Crippen LogP contribution in [-0.4, -0.2) is 37.2 Å². The Bertz CT molecular complexity index is 1190. The zero-order chi connectivity index (χ0) is 43.7. The highest BCUT2D eigenvalue weighted by molar-refractivity contribution is 5.71. The molecule has 0 saturated carbocycles. The fourth-order valence-electron chi connectivity index (χ4n) is 6.49. The van der Waals surface area contributed by atoms with E-state index in [2.05, 4.69) is 106 Å². The third-order valence-corrected chi connectivity index (χ3v) is 10.1. The summed E-state index contributed by atoms with van der Waals surface area (Å²) in [6.45, 7) is 6.31. The van der Waals surface area contributed by atoms with E-state index in [1.165, 1.54) is 77.0 Å². The van der Waals surface area contributed by atoms with Crippen molar-refractivity contribution in [3.8, 4) is 0 Å². The fraction of sp³-hybridized carbons (Fsp3) is 0.685. The van der Waals surface area contributed by atoms with Gasteiger partial charge in [-0.25, -0.2) is 0 Å². The Morgan fingerprint density at radius 1 is 0.367 bits per heavy atom. The molecule has 0 aliphatic rings. The molecule has 1 unspecified atom stereocenters. The van der Waals surface area contributed by atoms with Crippen molar-refractivity contribution in [2.75, 3.05) is 13.2 Å². The van der Waals surface area contributed by atoms with E-state index in [-0.39, 0.29) is 37.5 Å². The van der Waals surface area contributed by atoms with Gasteiger partial charge in [0.05, 0.1) is 0 Å². The van der Waals surface area contributed by atoms with Gasteiger partial charge in [0.2, 0.25) is 0 Å². The first kappa shape index (κ1) is 56.6. The smallest absolute Gasteiger partial charge is 0.306 e. The quantitative estimate of drug-likeness (QED) is 0.0200. The van der Waals surface area contributed by atoms with Crippen LogP contribution in [0.2, 0.25) is 0 Å². The first-order valence-electron chi connectivity index (χ1n) is 24.6. The maximum atomic E-state index is 12.7. The van der Waals surface area contributed by atoms with Gasteiger partial charge in [-0.05, 0) is 96.3 Å². The molecule has 1 atom stereocenters. The van der Waals surface area contributed by atoms with Gasteiger partial charge in [-0.1, -0.05) is 189 Å². The summed E-state index contributed by atoms with van der Waals surface area (Å²) in [6.07, 6.45) is 61.5. The molecule has 0 bridgehead atoms. The fourth-order valence-corrected chi connectivity index (χ4v) is 6.49. The van der Waals surface area contributed by atoms with E-state index in [1.807, 2.05) is 0 Å². The minimum absolute atomic E-state index is 0.101. The number of ether oxygens (including phenoxy) is 3. The molecule has 6 heteroatoms. The standard InChI is InChI=1S/C54H90O6/c1-4-7-10-13-16-19-22-24-25-26-27-28-29-30-33-35-38-41-44-47-53(56)59-50-51(49-58-52(55)46-43-40-37-34-31-21-18-15-12-9-6-3)60-54(57)48-45-42-39-36-32-23-20-17-14-11-8-5-2/h8-9,11-12,16-22,24,34,37,51H,4-7,10,13-15,23,25-33,35-36,38-50H2,1-3H3/b11-8-,12-9-,19-16-,20-17-,21-18-,24-22-,37-34-. The van der Waals surface area contributed by atoms with Gasteiger partial charge in [-0.3, -0.25) is 14.4 Å². The largest absolute Gasteiger partial charge is 0.462 e. The summed E-state index contributed by atoms with van der Waals surface area (Å²) in [5.41, 5.74) is 0. The highest BCUT2D eigenvalue weighted by Gasteiger charge is 2.19. The predicted octanol–water partition coefficient (Wildman–Crippen LogP) is 16.0. The Balaban J connectivity index is 4.38. The predicted molar refractivity (Wildman–Crippen MR) is 256 cm³/mol. The van der Waals surface area contributed by atoms with Crippen molar-refractivity contribution in [3.63, 3.8) is 0 Å². The minimum Gasteiger partial charge on any atom is -0.462 e. The zero-order valence-corrected chi connectivity index (χ0v) is 38.9. The number of hydrogen-bond acceptors (Lipinski definition) is 6. The zero-order valence-electron chi connectivity index (χ0n) is 38.9. The third-order valence-electron chi connectivity index (χ3n) is 10.1. The molecule has 0 saturated heterocycles. The molecule has 6 nitrogen and oxygen atoms in total. The van der Waals surface area contributed by atoms with Crippen LogP contribution < -0.4 is 0 Å². The molecule has 0 aliphatic heterocycles. The van der Waals surface area contributed by atoms with Crippen molar-refractivity contribution in [2.24, 2.45) is 0 Å². The SMILES string of the molecule is CC/C=C\C/C=C\C/C=C\CCCC(=O)OCC(COC(=O)CCCCCCCCCCCC/C=C\C=C/CCCCC)OC(=O)CCCCCCC/C=C\C/C=C\CC. The summed E-state index contributed by atoms with van der Waals surface area (Å²) >= 11 is 0. The number of carbonyl (C=O) groups excluding carboxylic acids is 3. The van der Waals surface area contributed by atoms with Gasteiger partial charge < -0.3 is 14.2 Å². The first-order chi connectivity index (χ1) is 29.5. The number of esters is 3. The van der Waals surface area contributed by atoms with Crippen LogP contribution in [0.4, 0.5) is 0 Å². The van der Waals surface area contributed by atoms with E-state index in [9.17, 15) is 14.4 Å². The lowest BCUT2D eigenvalue weighted by Crippen LogP contribution is -2.30. The Kier molecular flexibility index (Phi) is 45.5. The maximum Gasteiger partial charge on any atom is 0.306 e. The Morgan fingerprint density at radius 3 is 1.18 bits per heavy atom. The molecule has 0 aliphatic carbocycles. The second-order valence-electron chi connectivity index (χ2n) is 16.0. The van der Waals surface area contributed by atoms with Crippen molar-refractivity contribution in [1.82, 2.24) is 0 Å². The lowest BCUT2D eigenvalue weighted by molar-refractivity contribution is -0.167. The van der Waals surface area contributed by atoms with Crippen molar-refractivity contribution >= 4 is 17.9 Å². The van der Waals surface area contributed by atoms with E-state index >= 15 is 0 Å². The second-order valence-corrected chi connectivity index (χ2v) is 16.0. The number of carbonyl (C=O) groups is 3. The highest BCUT2D eigenvalue weighted by atomic mass is 16.6. The van der Waals surface area contributed by atoms with Crippen LogP contribution >= 0.6 is 0 Å². The highest BCUT2D eigenvalue weighted by Crippen LogP contribution is 2.14. The molecule has 342 valence electrons. The molecule has 0 amide bonds. The summed E-state index contributed by atoms with van der Waals surface area (Å²) in [5, 5.41) is 0. The monoisotopic (exact) mass is 835 g/mol. The van der Waals surface area contributed by atoms with Gasteiger partial charge >= 0.3 is 17.9 Å². The lowest BCUT2D eigenvalue weighted by atomic mass is 10.1. The summed E-state index contributed by atoms with van der Waals surface area (Å²) in [5.74, 6) is -0.981. The number of unbranched alkanes of at least 4 members (excludes halogenated alkanes) is 19. The maximum absolute atomic E-state index is 12.7. The van der Waals surface area contributed by atoms with Gasteiger partial charge in [0.15, 0.2) is 6.10 Å². The van der Waals surface area contributed by atoms with Crippen LogP contribution in [0, 0.1) is 0 Å². The van der Waals surface area contributed by atoms with E-state index < -0.39 is 6.10 Å². The molecule has 0 heterocycles. The van der Waals surface area contributed by atoms with Crippen LogP contribution in [0.25, 0.3) is 0 Å².